The SMILES string of the molecule is COC1(c2ccccc2C(C)C(=O)O)CC1. The predicted molar refractivity (Wildman–Crippen MR) is 60.4 cm³/mol. The van der Waals surface area contributed by atoms with Gasteiger partial charge in [-0.2, -0.15) is 0 Å². The Morgan fingerprint density at radius 2 is 2.06 bits per heavy atom. The van der Waals surface area contributed by atoms with Gasteiger partial charge in [-0.15, -0.1) is 0 Å². The van der Waals surface area contributed by atoms with Crippen LogP contribution >= 0.6 is 0 Å². The highest BCUT2D eigenvalue weighted by Crippen LogP contribution is 2.50. The fraction of sp³-hybridized carbons (Fsp3) is 0.462. The van der Waals surface area contributed by atoms with Crippen LogP contribution in [0.4, 0.5) is 0 Å². The van der Waals surface area contributed by atoms with Crippen molar-refractivity contribution in [3.63, 3.8) is 0 Å². The zero-order valence-electron chi connectivity index (χ0n) is 9.56. The van der Waals surface area contributed by atoms with Gasteiger partial charge >= 0.3 is 5.97 Å². The Hall–Kier alpha value is -1.35. The molecule has 0 heterocycles. The van der Waals surface area contributed by atoms with E-state index in [1.54, 1.807) is 14.0 Å². The first-order valence-corrected chi connectivity index (χ1v) is 5.48. The lowest BCUT2D eigenvalue weighted by Gasteiger charge is -2.20. The van der Waals surface area contributed by atoms with Crippen LogP contribution in [0, 0.1) is 0 Å². The number of aliphatic carboxylic acids is 1. The Morgan fingerprint density at radius 1 is 1.44 bits per heavy atom. The third kappa shape index (κ3) is 1.71. The molecule has 3 nitrogen and oxygen atoms in total. The summed E-state index contributed by atoms with van der Waals surface area (Å²) < 4.78 is 5.51. The number of ether oxygens (including phenoxy) is 1. The average Bonchev–Trinajstić information content (AvgIpc) is 3.09. The molecule has 0 aromatic heterocycles. The monoisotopic (exact) mass is 220 g/mol. The summed E-state index contributed by atoms with van der Waals surface area (Å²) in [6.45, 7) is 1.72. The Bertz CT molecular complexity index is 407. The van der Waals surface area contributed by atoms with Crippen molar-refractivity contribution in [1.29, 1.82) is 0 Å². The van der Waals surface area contributed by atoms with Crippen molar-refractivity contribution in [3.8, 4) is 0 Å². The van der Waals surface area contributed by atoms with Crippen LogP contribution in [0.2, 0.25) is 0 Å². The van der Waals surface area contributed by atoms with E-state index in [-0.39, 0.29) is 5.60 Å². The van der Waals surface area contributed by atoms with Gasteiger partial charge in [0.1, 0.15) is 0 Å². The van der Waals surface area contributed by atoms with Crippen molar-refractivity contribution in [2.24, 2.45) is 0 Å². The van der Waals surface area contributed by atoms with Gasteiger partial charge in [-0.3, -0.25) is 4.79 Å². The number of carboxylic acid groups (broad SMARTS) is 1. The van der Waals surface area contributed by atoms with Crippen LogP contribution in [0.25, 0.3) is 0 Å². The van der Waals surface area contributed by atoms with Crippen LogP contribution in [0.5, 0.6) is 0 Å². The third-order valence-electron chi connectivity index (χ3n) is 3.38. The van der Waals surface area contributed by atoms with E-state index >= 15 is 0 Å². The van der Waals surface area contributed by atoms with Gasteiger partial charge < -0.3 is 9.84 Å². The van der Waals surface area contributed by atoms with E-state index in [0.29, 0.717) is 0 Å². The van der Waals surface area contributed by atoms with Crippen LogP contribution in [0.1, 0.15) is 36.8 Å². The van der Waals surface area contributed by atoms with Crippen molar-refractivity contribution in [1.82, 2.24) is 0 Å². The maximum Gasteiger partial charge on any atom is 0.310 e. The van der Waals surface area contributed by atoms with Crippen molar-refractivity contribution in [3.05, 3.63) is 35.4 Å². The van der Waals surface area contributed by atoms with Gasteiger partial charge in [0.05, 0.1) is 11.5 Å². The number of hydrogen-bond acceptors (Lipinski definition) is 2. The molecular weight excluding hydrogens is 204 g/mol. The second-order valence-corrected chi connectivity index (χ2v) is 4.35. The van der Waals surface area contributed by atoms with E-state index < -0.39 is 11.9 Å². The molecule has 0 saturated heterocycles. The first-order chi connectivity index (χ1) is 7.60. The largest absolute Gasteiger partial charge is 0.481 e. The predicted octanol–water partition coefficient (Wildman–Crippen LogP) is 2.51. The van der Waals surface area contributed by atoms with Crippen LogP contribution in [0.3, 0.4) is 0 Å². The summed E-state index contributed by atoms with van der Waals surface area (Å²) >= 11 is 0. The molecule has 1 aliphatic rings. The summed E-state index contributed by atoms with van der Waals surface area (Å²) in [6.07, 6.45) is 1.96. The number of carbonyl (C=O) groups is 1. The van der Waals surface area contributed by atoms with E-state index in [1.807, 2.05) is 24.3 Å². The van der Waals surface area contributed by atoms with Gasteiger partial charge in [-0.25, -0.2) is 0 Å². The Balaban J connectivity index is 2.42. The molecule has 0 radical (unpaired) electrons. The molecule has 1 saturated carbocycles. The molecule has 1 unspecified atom stereocenters. The molecule has 1 N–H and O–H groups in total. The molecule has 0 amide bonds. The topological polar surface area (TPSA) is 46.5 Å². The number of rotatable bonds is 4. The minimum Gasteiger partial charge on any atom is -0.481 e. The fourth-order valence-corrected chi connectivity index (χ4v) is 2.12. The minimum atomic E-state index is -0.792. The molecule has 1 fully saturated rings. The Kier molecular flexibility index (Phi) is 2.72. The highest BCUT2D eigenvalue weighted by atomic mass is 16.5. The molecule has 1 aromatic rings. The average molecular weight is 220 g/mol. The van der Waals surface area contributed by atoms with Gasteiger partial charge in [0.15, 0.2) is 0 Å². The number of hydrogen-bond donors (Lipinski definition) is 1. The zero-order chi connectivity index (χ0) is 11.8. The summed E-state index contributed by atoms with van der Waals surface area (Å²) in [5.74, 6) is -1.27. The van der Waals surface area contributed by atoms with Crippen molar-refractivity contribution in [2.75, 3.05) is 7.11 Å². The molecule has 86 valence electrons. The van der Waals surface area contributed by atoms with Crippen molar-refractivity contribution < 1.29 is 14.6 Å². The lowest BCUT2D eigenvalue weighted by molar-refractivity contribution is -0.138. The Labute approximate surface area is 95.0 Å². The van der Waals surface area contributed by atoms with E-state index in [0.717, 1.165) is 24.0 Å². The quantitative estimate of drug-likeness (QED) is 0.848. The molecule has 0 aliphatic heterocycles. The van der Waals surface area contributed by atoms with Crippen LogP contribution in [-0.4, -0.2) is 18.2 Å². The fourth-order valence-electron chi connectivity index (χ4n) is 2.12. The van der Waals surface area contributed by atoms with Crippen LogP contribution in [-0.2, 0) is 15.1 Å². The molecule has 1 aromatic carbocycles. The maximum absolute atomic E-state index is 11.0. The summed E-state index contributed by atoms with van der Waals surface area (Å²) in [6, 6.07) is 7.68. The van der Waals surface area contributed by atoms with Gasteiger partial charge in [0.2, 0.25) is 0 Å². The first kappa shape index (κ1) is 11.1. The van der Waals surface area contributed by atoms with Crippen molar-refractivity contribution >= 4 is 5.97 Å². The van der Waals surface area contributed by atoms with E-state index in [1.165, 1.54) is 0 Å². The second-order valence-electron chi connectivity index (χ2n) is 4.35. The van der Waals surface area contributed by atoms with E-state index in [2.05, 4.69) is 0 Å². The summed E-state index contributed by atoms with van der Waals surface area (Å²) in [7, 11) is 1.69. The maximum atomic E-state index is 11.0. The number of methoxy groups -OCH3 is 1. The first-order valence-electron chi connectivity index (χ1n) is 5.48. The molecule has 0 bridgehead atoms. The molecule has 1 atom stereocenters. The standard InChI is InChI=1S/C13H16O3/c1-9(12(14)15)10-5-3-4-6-11(10)13(16-2)7-8-13/h3-6,9H,7-8H2,1-2H3,(H,14,15). The molecule has 2 rings (SSSR count). The van der Waals surface area contributed by atoms with Crippen molar-refractivity contribution in [2.45, 2.75) is 31.3 Å². The van der Waals surface area contributed by atoms with Gasteiger partial charge in [-0.1, -0.05) is 24.3 Å². The highest BCUT2D eigenvalue weighted by molar-refractivity contribution is 5.76. The molecule has 16 heavy (non-hydrogen) atoms. The van der Waals surface area contributed by atoms with E-state index in [9.17, 15) is 4.79 Å². The van der Waals surface area contributed by atoms with Gasteiger partial charge in [-0.05, 0) is 30.9 Å². The highest BCUT2D eigenvalue weighted by Gasteiger charge is 2.46. The lowest BCUT2D eigenvalue weighted by Crippen LogP contribution is -2.16. The third-order valence-corrected chi connectivity index (χ3v) is 3.38. The summed E-state index contributed by atoms with van der Waals surface area (Å²) in [5.41, 5.74) is 1.68. The van der Waals surface area contributed by atoms with Gasteiger partial charge in [0.25, 0.3) is 0 Å². The van der Waals surface area contributed by atoms with Gasteiger partial charge in [0, 0.05) is 7.11 Å². The summed E-state index contributed by atoms with van der Waals surface area (Å²) in [4.78, 5) is 11.0. The Morgan fingerprint density at radius 3 is 2.56 bits per heavy atom. The number of benzene rings is 1. The molecule has 1 aliphatic carbocycles. The van der Waals surface area contributed by atoms with E-state index in [4.69, 9.17) is 9.84 Å². The molecule has 0 spiro atoms. The van der Waals surface area contributed by atoms with Crippen LogP contribution in [0.15, 0.2) is 24.3 Å². The van der Waals surface area contributed by atoms with Crippen LogP contribution < -0.4 is 0 Å². The smallest absolute Gasteiger partial charge is 0.310 e. The second kappa shape index (κ2) is 3.91. The zero-order valence-corrected chi connectivity index (χ0v) is 9.56. The lowest BCUT2D eigenvalue weighted by atomic mass is 9.91. The summed E-state index contributed by atoms with van der Waals surface area (Å²) in [5, 5.41) is 9.08. The minimum absolute atomic E-state index is 0.222. The normalized spacial score (nSPS) is 19.1. The molecular formula is C13H16O3. The number of carboxylic acids is 1. The molecule has 3 heteroatoms.